The van der Waals surface area contributed by atoms with Gasteiger partial charge in [0.1, 0.15) is 11.5 Å². The molecule has 2 aromatic carbocycles. The Morgan fingerprint density at radius 3 is 2.00 bits per heavy atom. The maximum atomic E-state index is 12.4. The Bertz CT molecular complexity index is 901. The summed E-state index contributed by atoms with van der Waals surface area (Å²) in [5, 5.41) is 2.29. The van der Waals surface area contributed by atoms with Gasteiger partial charge in [0.25, 0.3) is 0 Å². The molecule has 0 aromatic heterocycles. The summed E-state index contributed by atoms with van der Waals surface area (Å²) in [6.07, 6.45) is 1.68. The minimum Gasteiger partial charge on any atom is -0.494 e. The Hall–Kier alpha value is -3.15. The van der Waals surface area contributed by atoms with Gasteiger partial charge in [-0.15, -0.1) is 0 Å². The first-order valence-corrected chi connectivity index (χ1v) is 10.4. The molecule has 0 heterocycles. The van der Waals surface area contributed by atoms with Crippen molar-refractivity contribution >= 4 is 40.6 Å². The van der Waals surface area contributed by atoms with Gasteiger partial charge in [-0.1, -0.05) is 6.92 Å². The molecule has 0 radical (unpaired) electrons. The van der Waals surface area contributed by atoms with Crippen LogP contribution in [0.15, 0.2) is 53.5 Å². The molecular formula is C24H27NO5S. The zero-order chi connectivity index (χ0) is 23.1. The Labute approximate surface area is 188 Å². The first-order chi connectivity index (χ1) is 14.9. The van der Waals surface area contributed by atoms with Gasteiger partial charge in [-0.25, -0.2) is 0 Å². The molecule has 0 aliphatic carbocycles. The van der Waals surface area contributed by atoms with Crippen molar-refractivity contribution in [1.29, 1.82) is 0 Å². The van der Waals surface area contributed by atoms with Crippen molar-refractivity contribution in [2.24, 2.45) is 4.99 Å². The summed E-state index contributed by atoms with van der Waals surface area (Å²) in [5.41, 5.74) is 1.82. The van der Waals surface area contributed by atoms with Crippen LogP contribution in [0.25, 0.3) is 0 Å². The number of ether oxygens (including phenoxy) is 2. The molecule has 2 aromatic rings. The lowest BCUT2D eigenvalue weighted by atomic mass is 10.0. The number of ketones is 2. The van der Waals surface area contributed by atoms with Gasteiger partial charge in [0.05, 0.1) is 24.1 Å². The highest BCUT2D eigenvalue weighted by atomic mass is 32.1. The van der Waals surface area contributed by atoms with E-state index in [0.29, 0.717) is 55.0 Å². The fourth-order valence-electron chi connectivity index (χ4n) is 2.38. The minimum atomic E-state index is -0.123. The predicted molar refractivity (Wildman–Crippen MR) is 123 cm³/mol. The van der Waals surface area contributed by atoms with Crippen LogP contribution in [0.1, 0.15) is 56.0 Å². The molecule has 164 valence electrons. The largest absolute Gasteiger partial charge is 0.494 e. The number of thiocarbonyl (C=S) groups is 1. The van der Waals surface area contributed by atoms with Crippen LogP contribution >= 0.6 is 12.2 Å². The second-order valence-corrected chi connectivity index (χ2v) is 6.60. The van der Waals surface area contributed by atoms with Crippen molar-refractivity contribution in [1.82, 2.24) is 0 Å². The van der Waals surface area contributed by atoms with Crippen LogP contribution in [0, 0.1) is 0 Å². The standard InChI is InChI=1S/C19H17NO3S.C5H10O2/c1-14(21)3-2-12-23-18-10-6-16(7-11-18)19(22)15-4-8-17(9-5-15)20-13-24;1-3-5(6)7-4-2/h4-11H,2-3,12H2,1H3;3-4H2,1-2H3. The van der Waals surface area contributed by atoms with E-state index in [1.54, 1.807) is 69.3 Å². The average Bonchev–Trinajstić information content (AvgIpc) is 2.78. The zero-order valence-corrected chi connectivity index (χ0v) is 18.9. The quantitative estimate of drug-likeness (QED) is 0.162. The van der Waals surface area contributed by atoms with Crippen molar-refractivity contribution in [2.45, 2.75) is 40.0 Å². The van der Waals surface area contributed by atoms with Crippen LogP contribution in [0.3, 0.4) is 0 Å². The number of aliphatic imine (C=N–C) groups is 1. The Kier molecular flexibility index (Phi) is 12.3. The third-order valence-corrected chi connectivity index (χ3v) is 4.05. The summed E-state index contributed by atoms with van der Waals surface area (Å²) in [5.74, 6) is 0.640. The number of nitrogens with zero attached hydrogens (tertiary/aromatic N) is 1. The van der Waals surface area contributed by atoms with Crippen LogP contribution in [-0.2, 0) is 14.3 Å². The second-order valence-electron chi connectivity index (χ2n) is 6.42. The van der Waals surface area contributed by atoms with Gasteiger partial charge in [0, 0.05) is 24.0 Å². The normalized spacial score (nSPS) is 9.52. The SMILES string of the molecule is CC(=O)CCCOc1ccc(C(=O)c2ccc(N=C=S)cc2)cc1.CCOC(=O)CC. The fraction of sp³-hybridized carbons (Fsp3) is 0.333. The van der Waals surface area contributed by atoms with Gasteiger partial charge in [-0.05, 0) is 81.0 Å². The Balaban J connectivity index is 0.000000592. The molecule has 0 fully saturated rings. The highest BCUT2D eigenvalue weighted by Crippen LogP contribution is 2.18. The zero-order valence-electron chi connectivity index (χ0n) is 18.1. The highest BCUT2D eigenvalue weighted by molar-refractivity contribution is 7.78. The van der Waals surface area contributed by atoms with Gasteiger partial charge >= 0.3 is 5.97 Å². The fourth-order valence-corrected chi connectivity index (χ4v) is 2.49. The smallest absolute Gasteiger partial charge is 0.305 e. The van der Waals surface area contributed by atoms with Gasteiger partial charge < -0.3 is 14.3 Å². The molecule has 2 rings (SSSR count). The minimum absolute atomic E-state index is 0.0731. The van der Waals surface area contributed by atoms with Crippen LogP contribution in [0.5, 0.6) is 5.75 Å². The third kappa shape index (κ3) is 10.4. The van der Waals surface area contributed by atoms with Crippen LogP contribution in [0.4, 0.5) is 5.69 Å². The molecule has 0 spiro atoms. The number of isothiocyanates is 1. The average molecular weight is 442 g/mol. The van der Waals surface area contributed by atoms with E-state index in [0.717, 1.165) is 0 Å². The molecule has 0 saturated heterocycles. The van der Waals surface area contributed by atoms with Crippen LogP contribution in [0.2, 0.25) is 0 Å². The van der Waals surface area contributed by atoms with E-state index >= 15 is 0 Å². The molecule has 0 aliphatic rings. The second kappa shape index (κ2) is 14.8. The molecular weight excluding hydrogens is 414 g/mol. The Morgan fingerprint density at radius 1 is 0.968 bits per heavy atom. The summed E-state index contributed by atoms with van der Waals surface area (Å²) in [6.45, 7) is 6.11. The topological polar surface area (TPSA) is 82.0 Å². The lowest BCUT2D eigenvalue weighted by Gasteiger charge is -2.06. The highest BCUT2D eigenvalue weighted by Gasteiger charge is 2.09. The Morgan fingerprint density at radius 2 is 1.55 bits per heavy atom. The molecule has 0 N–H and O–H groups in total. The van der Waals surface area contributed by atoms with Crippen molar-refractivity contribution in [3.63, 3.8) is 0 Å². The van der Waals surface area contributed by atoms with Gasteiger partial charge in [0.2, 0.25) is 0 Å². The molecule has 31 heavy (non-hydrogen) atoms. The molecule has 0 atom stereocenters. The first-order valence-electron chi connectivity index (χ1n) is 10.0. The van der Waals surface area contributed by atoms with E-state index in [2.05, 4.69) is 27.1 Å². The first kappa shape index (κ1) is 25.9. The number of carbonyl (C=O) groups is 3. The van der Waals surface area contributed by atoms with Crippen molar-refractivity contribution < 1.29 is 23.9 Å². The van der Waals surface area contributed by atoms with Gasteiger partial charge in [0.15, 0.2) is 5.78 Å². The number of rotatable bonds is 10. The molecule has 0 saturated carbocycles. The van der Waals surface area contributed by atoms with E-state index in [4.69, 9.17) is 4.74 Å². The maximum Gasteiger partial charge on any atom is 0.305 e. The number of Topliss-reactive ketones (excluding diaryl/α,β-unsaturated/α-hetero) is 1. The van der Waals surface area contributed by atoms with Crippen molar-refractivity contribution in [3.05, 3.63) is 59.7 Å². The lowest BCUT2D eigenvalue weighted by molar-refractivity contribution is -0.142. The van der Waals surface area contributed by atoms with E-state index in [1.807, 2.05) is 0 Å². The number of hydrogen-bond donors (Lipinski definition) is 0. The molecule has 0 aliphatic heterocycles. The number of esters is 1. The van der Waals surface area contributed by atoms with Crippen LogP contribution in [-0.4, -0.2) is 35.9 Å². The number of hydrogen-bond acceptors (Lipinski definition) is 7. The van der Waals surface area contributed by atoms with E-state index < -0.39 is 0 Å². The summed E-state index contributed by atoms with van der Waals surface area (Å²) in [6, 6.07) is 13.8. The molecule has 0 amide bonds. The van der Waals surface area contributed by atoms with Crippen molar-refractivity contribution in [3.8, 4) is 5.75 Å². The summed E-state index contributed by atoms with van der Waals surface area (Å²) < 4.78 is 10.1. The van der Waals surface area contributed by atoms with Gasteiger partial charge in [-0.3, -0.25) is 9.59 Å². The number of carbonyl (C=O) groups excluding carboxylic acids is 3. The van der Waals surface area contributed by atoms with E-state index in [-0.39, 0.29) is 17.5 Å². The molecule has 0 unspecified atom stereocenters. The summed E-state index contributed by atoms with van der Waals surface area (Å²) in [7, 11) is 0. The van der Waals surface area contributed by atoms with E-state index in [1.165, 1.54) is 0 Å². The predicted octanol–water partition coefficient (Wildman–Crippen LogP) is 5.36. The van der Waals surface area contributed by atoms with Gasteiger partial charge in [-0.2, -0.15) is 4.99 Å². The summed E-state index contributed by atoms with van der Waals surface area (Å²) in [4.78, 5) is 37.3. The van der Waals surface area contributed by atoms with E-state index in [9.17, 15) is 14.4 Å². The van der Waals surface area contributed by atoms with Crippen LogP contribution < -0.4 is 4.74 Å². The van der Waals surface area contributed by atoms with Crippen molar-refractivity contribution in [2.75, 3.05) is 13.2 Å². The lowest BCUT2D eigenvalue weighted by Crippen LogP contribution is -2.02. The molecule has 0 bridgehead atoms. The molecule has 7 heteroatoms. The maximum absolute atomic E-state index is 12.4. The number of benzene rings is 2. The molecule has 6 nitrogen and oxygen atoms in total. The third-order valence-electron chi connectivity index (χ3n) is 3.96. The summed E-state index contributed by atoms with van der Waals surface area (Å²) >= 11 is 4.55. The monoisotopic (exact) mass is 441 g/mol.